The van der Waals surface area contributed by atoms with E-state index in [9.17, 15) is 5.11 Å². The third kappa shape index (κ3) is 9.97. The molecule has 0 aliphatic heterocycles. The van der Waals surface area contributed by atoms with Crippen LogP contribution in [0.25, 0.3) is 5.57 Å². The Morgan fingerprint density at radius 3 is 2.17 bits per heavy atom. The van der Waals surface area contributed by atoms with E-state index in [1.165, 1.54) is 77.2 Å². The van der Waals surface area contributed by atoms with Gasteiger partial charge in [0, 0.05) is 10.0 Å². The second kappa shape index (κ2) is 17.0. The first-order chi connectivity index (χ1) is 21.8. The first-order valence-electron chi connectivity index (χ1n) is 16.1. The average molecular weight is 960 g/mol. The number of aliphatic hydroxyl groups excluding tert-OH is 1. The van der Waals surface area contributed by atoms with Gasteiger partial charge in [0.2, 0.25) is 0 Å². The molecule has 1 saturated carbocycles. The zero-order valence-electron chi connectivity index (χ0n) is 27.7. The smallest absolute Gasteiger partial charge is 0.133 e. The van der Waals surface area contributed by atoms with Gasteiger partial charge in [-0.1, -0.05) is 60.8 Å². The Kier molecular flexibility index (Phi) is 14.0. The van der Waals surface area contributed by atoms with Gasteiger partial charge in [0.15, 0.2) is 0 Å². The summed E-state index contributed by atoms with van der Waals surface area (Å²) in [5.41, 5.74) is 10.0. The maximum Gasteiger partial charge on any atom is 0.133 e. The van der Waals surface area contributed by atoms with Gasteiger partial charge < -0.3 is 10.1 Å². The van der Waals surface area contributed by atoms with Crippen LogP contribution in [0, 0.1) is 38.0 Å². The van der Waals surface area contributed by atoms with E-state index in [-0.39, 0.29) is 5.41 Å². The van der Waals surface area contributed by atoms with E-state index in [0.29, 0.717) is 27.6 Å². The van der Waals surface area contributed by atoms with E-state index in [1.807, 2.05) is 44.2 Å². The van der Waals surface area contributed by atoms with Crippen LogP contribution in [0.3, 0.4) is 0 Å². The van der Waals surface area contributed by atoms with Crippen molar-refractivity contribution < 1.29 is 23.0 Å². The fraction of sp³-hybridized carbons (Fsp3) is 0.447. The quantitative estimate of drug-likeness (QED) is 0.278. The number of halogens is 4. The van der Waals surface area contributed by atoms with Crippen molar-refractivity contribution in [3.63, 3.8) is 0 Å². The van der Waals surface area contributed by atoms with E-state index in [4.69, 9.17) is 23.2 Å². The number of aromatic nitrogens is 1. The fourth-order valence-electron chi connectivity index (χ4n) is 6.34. The van der Waals surface area contributed by atoms with Crippen LogP contribution in [-0.4, -0.2) is 9.51 Å². The van der Waals surface area contributed by atoms with Crippen LogP contribution in [0.4, 0.5) is 5.69 Å². The van der Waals surface area contributed by atoms with Gasteiger partial charge >= 0.3 is 109 Å². The molecule has 6 rings (SSSR count). The summed E-state index contributed by atoms with van der Waals surface area (Å²) >= 11 is 18.6. The van der Waals surface area contributed by atoms with Crippen LogP contribution in [0.2, 0.25) is 10.0 Å². The first kappa shape index (κ1) is 37.7. The molecular formula is C38H45Br2Cl2N2OW-. The SMILES string of the molecule is CC(C)(C)[CH]=[W]=[N]c1c(Cl)cccc1Cl.Cc1c(Br)cc2c(c1C1=C(O)C(Br)=CC3CCCCC13)CCCC2.Cc1ccc(C)[n-]1. The topological polar surface area (TPSA) is 46.7 Å². The molecule has 0 bridgehead atoms. The van der Waals surface area contributed by atoms with Crippen LogP contribution in [-0.2, 0) is 30.8 Å². The van der Waals surface area contributed by atoms with Gasteiger partial charge in [-0.3, -0.25) is 0 Å². The average Bonchev–Trinajstić information content (AvgIpc) is 3.39. The molecule has 1 heterocycles. The number of benzene rings is 2. The Labute approximate surface area is 310 Å². The van der Waals surface area contributed by atoms with Crippen molar-refractivity contribution >= 4 is 70.7 Å². The van der Waals surface area contributed by atoms with Crippen molar-refractivity contribution in [3.8, 4) is 0 Å². The maximum absolute atomic E-state index is 11.0. The molecule has 0 spiro atoms. The fourth-order valence-corrected chi connectivity index (χ4v) is 10.7. The van der Waals surface area contributed by atoms with Gasteiger partial charge in [0.1, 0.15) is 5.76 Å². The molecule has 248 valence electrons. The number of allylic oxidation sites excluding steroid dienone is 3. The van der Waals surface area contributed by atoms with Crippen molar-refractivity contribution in [2.45, 2.75) is 92.9 Å². The molecule has 3 aliphatic carbocycles. The van der Waals surface area contributed by atoms with Crippen molar-refractivity contribution in [2.75, 3.05) is 0 Å². The molecule has 2 atom stereocenters. The van der Waals surface area contributed by atoms with Crippen LogP contribution in [0.15, 0.2) is 60.7 Å². The largest absolute Gasteiger partial charge is 0.665 e. The summed E-state index contributed by atoms with van der Waals surface area (Å²) in [6, 6.07) is 11.8. The molecule has 2 unspecified atom stereocenters. The van der Waals surface area contributed by atoms with Gasteiger partial charge in [0.05, 0.1) is 4.48 Å². The Balaban J connectivity index is 0.000000185. The number of hydrogen-bond acceptors (Lipinski definition) is 2. The third-order valence-corrected chi connectivity index (χ3v) is 14.6. The number of fused-ring (bicyclic) bond motifs is 2. The van der Waals surface area contributed by atoms with Crippen LogP contribution < -0.4 is 4.98 Å². The standard InChI is InChI=1S/C21H24Br2O.C6H3Cl2N.C6H8N.C5H10.W/c1-12-17(22)10-13-6-2-4-8-15(13)19(12)20-16-9-5-3-7-14(16)11-18(23)21(20)24;7-4-2-1-3-5(8)6(4)9;1-5-3-4-6(2)7-5;1-5(2,3)4;/h10-11,14,16,24H,2-9H2,1H3;1-3H;3-4H,1-2H3;1H,2-4H3;/q;;-1;;. The Morgan fingerprint density at radius 2 is 1.57 bits per heavy atom. The summed E-state index contributed by atoms with van der Waals surface area (Å²) in [5, 5.41) is 12.3. The first-order valence-corrected chi connectivity index (χ1v) is 21.5. The molecule has 1 fully saturated rings. The monoisotopic (exact) mass is 957 g/mol. The summed E-state index contributed by atoms with van der Waals surface area (Å²) in [7, 11) is 0. The van der Waals surface area contributed by atoms with Crippen LogP contribution >= 0.6 is 55.1 Å². The second-order valence-electron chi connectivity index (χ2n) is 13.5. The molecule has 3 aromatic rings. The maximum atomic E-state index is 11.0. The number of rotatable bonds is 2. The Hall–Kier alpha value is -1.10. The minimum absolute atomic E-state index is 0.238. The predicted octanol–water partition coefficient (Wildman–Crippen LogP) is 13.0. The molecular weight excluding hydrogens is 915 g/mol. The molecule has 8 heteroatoms. The molecule has 0 radical (unpaired) electrons. The summed E-state index contributed by atoms with van der Waals surface area (Å²) in [6.07, 6.45) is 12.1. The summed E-state index contributed by atoms with van der Waals surface area (Å²) in [6.45, 7) is 12.7. The zero-order valence-corrected chi connectivity index (χ0v) is 35.3. The van der Waals surface area contributed by atoms with Crippen LogP contribution in [0.1, 0.15) is 92.9 Å². The Morgan fingerprint density at radius 1 is 0.935 bits per heavy atom. The van der Waals surface area contributed by atoms with Gasteiger partial charge in [-0.25, -0.2) is 0 Å². The molecule has 46 heavy (non-hydrogen) atoms. The molecule has 1 aromatic heterocycles. The summed E-state index contributed by atoms with van der Waals surface area (Å²) < 4.78 is 8.92. The minimum Gasteiger partial charge on any atom is -0.665 e. The van der Waals surface area contributed by atoms with Gasteiger partial charge in [-0.15, -0.1) is 0 Å². The van der Waals surface area contributed by atoms with Gasteiger partial charge in [0.25, 0.3) is 0 Å². The van der Waals surface area contributed by atoms with Crippen molar-refractivity contribution in [1.82, 2.24) is 4.98 Å². The van der Waals surface area contributed by atoms with E-state index >= 15 is 0 Å². The second-order valence-corrected chi connectivity index (χ2v) is 18.3. The summed E-state index contributed by atoms with van der Waals surface area (Å²) in [5.74, 6) is 1.52. The minimum atomic E-state index is -0.850. The normalized spacial score (nSPS) is 19.0. The molecule has 0 saturated heterocycles. The molecule has 1 N–H and O–H groups in total. The molecule has 0 amide bonds. The third-order valence-electron chi connectivity index (χ3n) is 8.55. The van der Waals surface area contributed by atoms with E-state index in [2.05, 4.69) is 84.6 Å². The number of hydrogen-bond donors (Lipinski definition) is 1. The molecule has 3 aliphatic rings. The number of aliphatic hydroxyl groups is 1. The van der Waals surface area contributed by atoms with Gasteiger partial charge in [-0.2, -0.15) is 11.4 Å². The Bertz CT molecular complexity index is 1640. The van der Waals surface area contributed by atoms with Crippen LogP contribution in [0.5, 0.6) is 0 Å². The number of nitrogens with zero attached hydrogens (tertiary/aromatic N) is 2. The number of aryl methyl sites for hydroxylation is 3. The summed E-state index contributed by atoms with van der Waals surface area (Å²) in [4.78, 5) is 4.11. The van der Waals surface area contributed by atoms with E-state index in [0.717, 1.165) is 28.0 Å². The van der Waals surface area contributed by atoms with E-state index < -0.39 is 17.9 Å². The van der Waals surface area contributed by atoms with Crippen molar-refractivity contribution in [1.29, 1.82) is 0 Å². The molecule has 2 aromatic carbocycles. The molecule has 3 nitrogen and oxygen atoms in total. The van der Waals surface area contributed by atoms with E-state index in [1.54, 1.807) is 0 Å². The van der Waals surface area contributed by atoms with Crippen molar-refractivity contribution in [2.24, 2.45) is 20.7 Å². The van der Waals surface area contributed by atoms with Gasteiger partial charge in [-0.05, 0) is 102 Å². The zero-order chi connectivity index (χ0) is 33.6. The van der Waals surface area contributed by atoms with Crippen molar-refractivity contribution in [3.05, 3.63) is 101 Å². The predicted molar refractivity (Wildman–Crippen MR) is 201 cm³/mol.